The van der Waals surface area contributed by atoms with Crippen LogP contribution in [-0.2, 0) is 19.8 Å². The normalized spacial score (nSPS) is 11.9. The molecule has 2 heterocycles. The molecule has 0 unspecified atom stereocenters. The molecule has 2 rings (SSSR count). The second-order valence-corrected chi connectivity index (χ2v) is 5.09. The molecule has 0 radical (unpaired) electrons. The van der Waals surface area contributed by atoms with E-state index in [0.29, 0.717) is 17.2 Å². The standard InChI is InChI=1S/C10H8ClF3N4OS/c1-18-7(4-19)16-17-9(18)20-8-6(11)2-5(3-15-8)10(12,13)14/h2-3,19H,4H2,1H3. The molecule has 0 aliphatic carbocycles. The molecule has 0 atom stereocenters. The van der Waals surface area contributed by atoms with Crippen LogP contribution in [0.3, 0.4) is 0 Å². The van der Waals surface area contributed by atoms with Crippen LogP contribution in [0.25, 0.3) is 0 Å². The number of aliphatic hydroxyl groups is 1. The highest BCUT2D eigenvalue weighted by molar-refractivity contribution is 7.99. The Kier molecular flexibility index (Phi) is 4.21. The first kappa shape index (κ1) is 15.1. The summed E-state index contributed by atoms with van der Waals surface area (Å²) < 4.78 is 38.9. The molecule has 0 saturated carbocycles. The Morgan fingerprint density at radius 2 is 2.10 bits per heavy atom. The number of aromatic nitrogens is 4. The van der Waals surface area contributed by atoms with E-state index in [4.69, 9.17) is 16.7 Å². The van der Waals surface area contributed by atoms with Gasteiger partial charge in [-0.05, 0) is 17.8 Å². The Morgan fingerprint density at radius 3 is 2.60 bits per heavy atom. The number of halogens is 4. The number of hydrogen-bond donors (Lipinski definition) is 1. The Hall–Kier alpha value is -1.32. The van der Waals surface area contributed by atoms with Crippen molar-refractivity contribution in [2.75, 3.05) is 0 Å². The highest BCUT2D eigenvalue weighted by Crippen LogP contribution is 2.35. The number of aliphatic hydroxyl groups excluding tert-OH is 1. The lowest BCUT2D eigenvalue weighted by molar-refractivity contribution is -0.137. The molecule has 0 fully saturated rings. The molecule has 0 aromatic carbocycles. The summed E-state index contributed by atoms with van der Waals surface area (Å²) >= 11 is 6.75. The molecule has 20 heavy (non-hydrogen) atoms. The molecule has 5 nitrogen and oxygen atoms in total. The lowest BCUT2D eigenvalue weighted by atomic mass is 10.3. The van der Waals surface area contributed by atoms with Gasteiger partial charge in [0.05, 0.1) is 10.6 Å². The molecular formula is C10H8ClF3N4OS. The average Bonchev–Trinajstić information content (AvgIpc) is 2.71. The van der Waals surface area contributed by atoms with E-state index in [1.54, 1.807) is 7.05 Å². The van der Waals surface area contributed by atoms with Crippen LogP contribution in [0.1, 0.15) is 11.4 Å². The lowest BCUT2D eigenvalue weighted by Gasteiger charge is -2.08. The number of nitrogens with zero attached hydrogens (tertiary/aromatic N) is 4. The van der Waals surface area contributed by atoms with Crippen LogP contribution in [0.2, 0.25) is 5.02 Å². The second kappa shape index (κ2) is 5.58. The van der Waals surface area contributed by atoms with Crippen molar-refractivity contribution in [1.29, 1.82) is 0 Å². The van der Waals surface area contributed by atoms with Gasteiger partial charge in [-0.2, -0.15) is 13.2 Å². The highest BCUT2D eigenvalue weighted by atomic mass is 35.5. The molecule has 2 aromatic rings. The van der Waals surface area contributed by atoms with Crippen LogP contribution in [0, 0.1) is 0 Å². The highest BCUT2D eigenvalue weighted by Gasteiger charge is 2.31. The molecule has 10 heteroatoms. The molecule has 0 saturated heterocycles. The first-order valence-corrected chi connectivity index (χ1v) is 6.42. The Labute approximate surface area is 120 Å². The van der Waals surface area contributed by atoms with E-state index in [1.807, 2.05) is 0 Å². The summed E-state index contributed by atoms with van der Waals surface area (Å²) in [5.41, 5.74) is -0.916. The van der Waals surface area contributed by atoms with E-state index in [1.165, 1.54) is 4.57 Å². The summed E-state index contributed by atoms with van der Waals surface area (Å²) in [5.74, 6) is 0.329. The summed E-state index contributed by atoms with van der Waals surface area (Å²) in [6.45, 7) is -0.293. The van der Waals surface area contributed by atoms with E-state index in [0.717, 1.165) is 17.8 Å². The van der Waals surface area contributed by atoms with Gasteiger partial charge in [-0.3, -0.25) is 0 Å². The van der Waals surface area contributed by atoms with Gasteiger partial charge in [-0.25, -0.2) is 4.98 Å². The van der Waals surface area contributed by atoms with Crippen molar-refractivity contribution in [3.8, 4) is 0 Å². The molecule has 0 aliphatic heterocycles. The van der Waals surface area contributed by atoms with E-state index in [2.05, 4.69) is 15.2 Å². The van der Waals surface area contributed by atoms with Gasteiger partial charge in [0.2, 0.25) is 0 Å². The number of hydrogen-bond acceptors (Lipinski definition) is 5. The fourth-order valence-electron chi connectivity index (χ4n) is 1.31. The topological polar surface area (TPSA) is 63.8 Å². The van der Waals surface area contributed by atoms with Gasteiger partial charge in [0, 0.05) is 13.2 Å². The Bertz CT molecular complexity index is 631. The first-order valence-electron chi connectivity index (χ1n) is 5.22. The number of rotatable bonds is 3. The van der Waals surface area contributed by atoms with E-state index in [-0.39, 0.29) is 16.7 Å². The zero-order chi connectivity index (χ0) is 14.9. The third-order valence-corrected chi connectivity index (χ3v) is 3.85. The summed E-state index contributed by atoms with van der Waals surface area (Å²) in [6.07, 6.45) is -3.79. The van der Waals surface area contributed by atoms with Crippen molar-refractivity contribution in [2.24, 2.45) is 7.05 Å². The van der Waals surface area contributed by atoms with E-state index < -0.39 is 11.7 Å². The van der Waals surface area contributed by atoms with Gasteiger partial charge in [0.1, 0.15) is 11.6 Å². The van der Waals surface area contributed by atoms with Gasteiger partial charge < -0.3 is 9.67 Å². The molecule has 0 spiro atoms. The molecule has 1 N–H and O–H groups in total. The van der Waals surface area contributed by atoms with Crippen molar-refractivity contribution in [2.45, 2.75) is 23.0 Å². The molecule has 0 amide bonds. The van der Waals surface area contributed by atoms with Crippen molar-refractivity contribution < 1.29 is 18.3 Å². The zero-order valence-electron chi connectivity index (χ0n) is 10.0. The summed E-state index contributed by atoms with van der Waals surface area (Å²) in [5, 5.41) is 16.9. The average molecular weight is 325 g/mol. The second-order valence-electron chi connectivity index (χ2n) is 3.73. The smallest absolute Gasteiger partial charge is 0.388 e. The molecule has 0 aliphatic rings. The summed E-state index contributed by atoms with van der Waals surface area (Å²) in [6, 6.07) is 0.806. The van der Waals surface area contributed by atoms with Gasteiger partial charge in [0.25, 0.3) is 0 Å². The minimum Gasteiger partial charge on any atom is -0.388 e. The van der Waals surface area contributed by atoms with Gasteiger partial charge in [-0.1, -0.05) is 11.6 Å². The predicted octanol–water partition coefficient (Wildman–Crippen LogP) is 2.53. The van der Waals surface area contributed by atoms with Crippen LogP contribution >= 0.6 is 23.4 Å². The van der Waals surface area contributed by atoms with Gasteiger partial charge in [0.15, 0.2) is 11.0 Å². The van der Waals surface area contributed by atoms with Crippen molar-refractivity contribution in [1.82, 2.24) is 19.7 Å². The molecule has 0 bridgehead atoms. The third-order valence-electron chi connectivity index (χ3n) is 2.39. The SMILES string of the molecule is Cn1c(CO)nnc1Sc1ncc(C(F)(F)F)cc1Cl. The fraction of sp³-hybridized carbons (Fsp3) is 0.300. The summed E-state index contributed by atoms with van der Waals surface area (Å²) in [7, 11) is 1.62. The first-order chi connectivity index (χ1) is 9.32. The predicted molar refractivity (Wildman–Crippen MR) is 65.3 cm³/mol. The summed E-state index contributed by atoms with van der Waals surface area (Å²) in [4.78, 5) is 3.68. The quantitative estimate of drug-likeness (QED) is 0.940. The van der Waals surface area contributed by atoms with Crippen molar-refractivity contribution >= 4 is 23.4 Å². The minimum atomic E-state index is -4.49. The maximum Gasteiger partial charge on any atom is 0.417 e. The van der Waals surface area contributed by atoms with Crippen LogP contribution in [-0.4, -0.2) is 24.9 Å². The Balaban J connectivity index is 2.28. The lowest BCUT2D eigenvalue weighted by Crippen LogP contribution is -2.05. The minimum absolute atomic E-state index is 0.127. The number of alkyl halides is 3. The van der Waals surface area contributed by atoms with Crippen molar-refractivity contribution in [3.63, 3.8) is 0 Å². The van der Waals surface area contributed by atoms with Crippen LogP contribution in [0.4, 0.5) is 13.2 Å². The largest absolute Gasteiger partial charge is 0.417 e. The van der Waals surface area contributed by atoms with Crippen LogP contribution in [0.15, 0.2) is 22.4 Å². The van der Waals surface area contributed by atoms with E-state index >= 15 is 0 Å². The van der Waals surface area contributed by atoms with Crippen LogP contribution < -0.4 is 0 Å². The van der Waals surface area contributed by atoms with Gasteiger partial charge in [-0.15, -0.1) is 10.2 Å². The van der Waals surface area contributed by atoms with Crippen LogP contribution in [0.5, 0.6) is 0 Å². The van der Waals surface area contributed by atoms with Gasteiger partial charge >= 0.3 is 6.18 Å². The fourth-order valence-corrected chi connectivity index (χ4v) is 2.35. The maximum atomic E-state index is 12.5. The monoisotopic (exact) mass is 324 g/mol. The molecule has 2 aromatic heterocycles. The van der Waals surface area contributed by atoms with Crippen molar-refractivity contribution in [3.05, 3.63) is 28.7 Å². The molecule has 108 valence electrons. The maximum absolute atomic E-state index is 12.5. The number of pyridine rings is 1. The molecular weight excluding hydrogens is 317 g/mol. The van der Waals surface area contributed by atoms with E-state index in [9.17, 15) is 13.2 Å². The third kappa shape index (κ3) is 3.05. The Morgan fingerprint density at radius 1 is 1.40 bits per heavy atom. The zero-order valence-corrected chi connectivity index (χ0v) is 11.6.